The SMILES string of the molecule is CC(C)CCN(C)c1ccc(/C(N)=N/O)c(Br)c1. The molecule has 3 N–H and O–H groups in total. The van der Waals surface area contributed by atoms with Crippen molar-refractivity contribution in [2.75, 3.05) is 18.5 Å². The normalized spacial score (nSPS) is 11.9. The molecule has 0 aliphatic rings. The summed E-state index contributed by atoms with van der Waals surface area (Å²) in [4.78, 5) is 2.20. The average Bonchev–Trinajstić information content (AvgIpc) is 2.34. The highest BCUT2D eigenvalue weighted by Crippen LogP contribution is 2.24. The summed E-state index contributed by atoms with van der Waals surface area (Å²) in [6.45, 7) is 5.43. The molecule has 4 nitrogen and oxygen atoms in total. The second-order valence-electron chi connectivity index (χ2n) is 4.75. The van der Waals surface area contributed by atoms with E-state index in [1.54, 1.807) is 0 Å². The van der Waals surface area contributed by atoms with Crippen LogP contribution in [0.2, 0.25) is 0 Å². The van der Waals surface area contributed by atoms with Crippen LogP contribution in [0.3, 0.4) is 0 Å². The quantitative estimate of drug-likeness (QED) is 0.380. The Kier molecular flexibility index (Phi) is 5.47. The van der Waals surface area contributed by atoms with E-state index in [-0.39, 0.29) is 5.84 Å². The Morgan fingerprint density at radius 1 is 1.50 bits per heavy atom. The van der Waals surface area contributed by atoms with Gasteiger partial charge in [-0.1, -0.05) is 19.0 Å². The van der Waals surface area contributed by atoms with Crippen LogP contribution in [0.4, 0.5) is 5.69 Å². The Morgan fingerprint density at radius 3 is 2.67 bits per heavy atom. The summed E-state index contributed by atoms with van der Waals surface area (Å²) < 4.78 is 0.826. The Balaban J connectivity index is 2.84. The van der Waals surface area contributed by atoms with E-state index in [2.05, 4.69) is 46.9 Å². The maximum absolute atomic E-state index is 8.67. The van der Waals surface area contributed by atoms with Crippen LogP contribution >= 0.6 is 15.9 Å². The van der Waals surface area contributed by atoms with Crippen LogP contribution in [0.5, 0.6) is 0 Å². The molecule has 0 amide bonds. The van der Waals surface area contributed by atoms with Gasteiger partial charge in [0.2, 0.25) is 0 Å². The van der Waals surface area contributed by atoms with Gasteiger partial charge in [-0.05, 0) is 46.5 Å². The average molecular weight is 314 g/mol. The van der Waals surface area contributed by atoms with Gasteiger partial charge in [0.05, 0.1) is 0 Å². The van der Waals surface area contributed by atoms with E-state index in [0.29, 0.717) is 11.5 Å². The van der Waals surface area contributed by atoms with Gasteiger partial charge in [0.25, 0.3) is 0 Å². The van der Waals surface area contributed by atoms with Crippen molar-refractivity contribution in [3.63, 3.8) is 0 Å². The molecule has 0 fully saturated rings. The topological polar surface area (TPSA) is 61.8 Å². The van der Waals surface area contributed by atoms with Crippen molar-refractivity contribution in [1.29, 1.82) is 0 Å². The zero-order valence-corrected chi connectivity index (χ0v) is 12.6. The number of benzene rings is 1. The summed E-state index contributed by atoms with van der Waals surface area (Å²) in [5.41, 5.74) is 7.38. The van der Waals surface area contributed by atoms with E-state index in [1.165, 1.54) is 0 Å². The molecular formula is C13H20BrN3O. The van der Waals surface area contributed by atoms with Crippen molar-refractivity contribution in [3.8, 4) is 0 Å². The number of rotatable bonds is 5. The first kappa shape index (κ1) is 14.8. The summed E-state index contributed by atoms with van der Waals surface area (Å²) in [5, 5.41) is 11.7. The molecule has 0 aliphatic carbocycles. The molecular weight excluding hydrogens is 294 g/mol. The predicted molar refractivity (Wildman–Crippen MR) is 79.4 cm³/mol. The van der Waals surface area contributed by atoms with E-state index < -0.39 is 0 Å². The third-order valence-corrected chi connectivity index (χ3v) is 3.48. The fourth-order valence-corrected chi connectivity index (χ4v) is 2.15. The molecule has 0 unspecified atom stereocenters. The van der Waals surface area contributed by atoms with Gasteiger partial charge in [-0.3, -0.25) is 0 Å². The lowest BCUT2D eigenvalue weighted by Crippen LogP contribution is -2.20. The summed E-state index contributed by atoms with van der Waals surface area (Å²) in [5.74, 6) is 0.797. The third kappa shape index (κ3) is 3.91. The number of anilines is 1. The molecule has 0 atom stereocenters. The molecule has 0 saturated heterocycles. The standard InChI is InChI=1S/C13H20BrN3O/c1-9(2)6-7-17(3)10-4-5-11(12(14)8-10)13(15)16-18/h4-5,8-9,18H,6-7H2,1-3H3,(H2,15,16). The first-order valence-corrected chi connectivity index (χ1v) is 6.73. The highest BCUT2D eigenvalue weighted by Gasteiger charge is 2.08. The molecule has 5 heteroatoms. The number of hydrogen-bond acceptors (Lipinski definition) is 3. The lowest BCUT2D eigenvalue weighted by molar-refractivity contribution is 0.318. The van der Waals surface area contributed by atoms with Gasteiger partial charge in [-0.2, -0.15) is 0 Å². The molecule has 100 valence electrons. The zero-order chi connectivity index (χ0) is 13.7. The second-order valence-corrected chi connectivity index (χ2v) is 5.61. The maximum Gasteiger partial charge on any atom is 0.171 e. The van der Waals surface area contributed by atoms with E-state index >= 15 is 0 Å². The van der Waals surface area contributed by atoms with Crippen molar-refractivity contribution in [2.24, 2.45) is 16.8 Å². The van der Waals surface area contributed by atoms with Crippen LogP contribution in [0.15, 0.2) is 27.8 Å². The molecule has 0 radical (unpaired) electrons. The van der Waals surface area contributed by atoms with Crippen LogP contribution in [-0.4, -0.2) is 24.6 Å². The Bertz CT molecular complexity index is 432. The minimum atomic E-state index is 0.109. The minimum Gasteiger partial charge on any atom is -0.409 e. The predicted octanol–water partition coefficient (Wildman–Crippen LogP) is 3.03. The van der Waals surface area contributed by atoms with Crippen LogP contribution in [0.25, 0.3) is 0 Å². The molecule has 1 rings (SSSR count). The number of oxime groups is 1. The van der Waals surface area contributed by atoms with Crippen molar-refractivity contribution in [1.82, 2.24) is 0 Å². The summed E-state index contributed by atoms with van der Waals surface area (Å²) in [6.07, 6.45) is 1.15. The fraction of sp³-hybridized carbons (Fsp3) is 0.462. The third-order valence-electron chi connectivity index (χ3n) is 2.82. The van der Waals surface area contributed by atoms with E-state index in [4.69, 9.17) is 10.9 Å². The number of hydrogen-bond donors (Lipinski definition) is 2. The number of nitrogens with two attached hydrogens (primary N) is 1. The molecule has 0 aromatic heterocycles. The lowest BCUT2D eigenvalue weighted by atomic mass is 10.1. The van der Waals surface area contributed by atoms with Crippen LogP contribution in [0.1, 0.15) is 25.8 Å². The van der Waals surface area contributed by atoms with Crippen molar-refractivity contribution < 1.29 is 5.21 Å². The molecule has 1 aromatic rings. The van der Waals surface area contributed by atoms with E-state index in [0.717, 1.165) is 23.1 Å². The van der Waals surface area contributed by atoms with Gasteiger partial charge in [0, 0.05) is 29.3 Å². The maximum atomic E-state index is 8.67. The summed E-state index contributed by atoms with van der Waals surface area (Å²) >= 11 is 3.44. The molecule has 0 saturated carbocycles. The van der Waals surface area contributed by atoms with Gasteiger partial charge >= 0.3 is 0 Å². The van der Waals surface area contributed by atoms with Gasteiger partial charge in [-0.15, -0.1) is 0 Å². The second kappa shape index (κ2) is 6.64. The molecule has 1 aromatic carbocycles. The van der Waals surface area contributed by atoms with E-state index in [9.17, 15) is 0 Å². The minimum absolute atomic E-state index is 0.109. The van der Waals surface area contributed by atoms with Gasteiger partial charge < -0.3 is 15.8 Å². The van der Waals surface area contributed by atoms with Gasteiger partial charge in [0.15, 0.2) is 5.84 Å². The Labute approximate surface area is 117 Å². The zero-order valence-electron chi connectivity index (χ0n) is 11.0. The van der Waals surface area contributed by atoms with Crippen molar-refractivity contribution >= 4 is 27.5 Å². The van der Waals surface area contributed by atoms with Crippen molar-refractivity contribution in [3.05, 3.63) is 28.2 Å². The fourth-order valence-electron chi connectivity index (χ4n) is 1.58. The Morgan fingerprint density at radius 2 is 2.17 bits per heavy atom. The van der Waals surface area contributed by atoms with Crippen molar-refractivity contribution in [2.45, 2.75) is 20.3 Å². The van der Waals surface area contributed by atoms with Gasteiger partial charge in [-0.25, -0.2) is 0 Å². The van der Waals surface area contributed by atoms with Gasteiger partial charge in [0.1, 0.15) is 0 Å². The number of nitrogens with zero attached hydrogens (tertiary/aromatic N) is 2. The summed E-state index contributed by atoms with van der Waals surface area (Å²) in [7, 11) is 2.06. The Hall–Kier alpha value is -1.23. The lowest BCUT2D eigenvalue weighted by Gasteiger charge is -2.21. The largest absolute Gasteiger partial charge is 0.409 e. The first-order valence-electron chi connectivity index (χ1n) is 5.94. The first-order chi connectivity index (χ1) is 8.45. The molecule has 0 spiro atoms. The van der Waals surface area contributed by atoms with Crippen LogP contribution in [0, 0.1) is 5.92 Å². The monoisotopic (exact) mass is 313 g/mol. The highest BCUT2D eigenvalue weighted by atomic mass is 79.9. The molecule has 18 heavy (non-hydrogen) atoms. The smallest absolute Gasteiger partial charge is 0.171 e. The van der Waals surface area contributed by atoms with Crippen LogP contribution < -0.4 is 10.6 Å². The number of halogens is 1. The summed E-state index contributed by atoms with van der Waals surface area (Å²) in [6, 6.07) is 5.80. The molecule has 0 aliphatic heterocycles. The highest BCUT2D eigenvalue weighted by molar-refractivity contribution is 9.10. The van der Waals surface area contributed by atoms with Crippen LogP contribution in [-0.2, 0) is 0 Å². The number of amidine groups is 1. The molecule has 0 bridgehead atoms. The van der Waals surface area contributed by atoms with E-state index in [1.807, 2.05) is 18.2 Å². The molecule has 0 heterocycles.